The van der Waals surface area contributed by atoms with Crippen molar-refractivity contribution < 1.29 is 0 Å². The molecule has 5 rings (SSSR count). The fourth-order valence-corrected chi connectivity index (χ4v) is 2.91. The van der Waals surface area contributed by atoms with Crippen LogP contribution >= 0.6 is 0 Å². The Kier molecular flexibility index (Phi) is 3.31. The van der Waals surface area contributed by atoms with Crippen LogP contribution in [0.4, 0.5) is 0 Å². The van der Waals surface area contributed by atoms with Gasteiger partial charge in [0.05, 0.1) is 28.4 Å². The van der Waals surface area contributed by atoms with E-state index in [-0.39, 0.29) is 0 Å². The standard InChI is InChI=1S/C20H12N6/c1-2-13-8-14(3-5-16(13)22-7-1)19-10-23-17-6-4-15(9-18(17)26-19)20-24-11-21-12-25-20/h1-12H. The summed E-state index contributed by atoms with van der Waals surface area (Å²) in [6.07, 6.45) is 6.55. The molecule has 0 atom stereocenters. The lowest BCUT2D eigenvalue weighted by Gasteiger charge is -2.06. The second kappa shape index (κ2) is 5.93. The lowest BCUT2D eigenvalue weighted by molar-refractivity contribution is 1.06. The van der Waals surface area contributed by atoms with Crippen LogP contribution in [0.3, 0.4) is 0 Å². The molecule has 3 aromatic heterocycles. The molecule has 0 fully saturated rings. The van der Waals surface area contributed by atoms with Crippen molar-refractivity contribution in [1.29, 1.82) is 0 Å². The number of pyridine rings is 1. The molecule has 0 amide bonds. The van der Waals surface area contributed by atoms with E-state index in [0.717, 1.165) is 38.8 Å². The molecule has 0 aliphatic carbocycles. The zero-order valence-corrected chi connectivity index (χ0v) is 13.6. The molecule has 2 aromatic carbocycles. The molecule has 3 heterocycles. The lowest BCUT2D eigenvalue weighted by atomic mass is 10.1. The van der Waals surface area contributed by atoms with Crippen LogP contribution in [0.1, 0.15) is 0 Å². The Morgan fingerprint density at radius 3 is 2.42 bits per heavy atom. The van der Waals surface area contributed by atoms with Crippen LogP contribution < -0.4 is 0 Å². The molecule has 26 heavy (non-hydrogen) atoms. The highest BCUT2D eigenvalue weighted by Crippen LogP contribution is 2.25. The number of nitrogens with zero attached hydrogens (tertiary/aromatic N) is 6. The molecule has 0 radical (unpaired) electrons. The van der Waals surface area contributed by atoms with Gasteiger partial charge in [-0.15, -0.1) is 0 Å². The molecule has 0 bridgehead atoms. The maximum atomic E-state index is 4.78. The summed E-state index contributed by atoms with van der Waals surface area (Å²) in [5.41, 5.74) is 5.29. The molecule has 122 valence electrons. The Morgan fingerprint density at radius 2 is 1.50 bits per heavy atom. The van der Waals surface area contributed by atoms with Gasteiger partial charge in [0.25, 0.3) is 0 Å². The van der Waals surface area contributed by atoms with Gasteiger partial charge < -0.3 is 0 Å². The van der Waals surface area contributed by atoms with Crippen LogP contribution in [0.5, 0.6) is 0 Å². The Morgan fingerprint density at radius 1 is 0.654 bits per heavy atom. The maximum absolute atomic E-state index is 4.78. The third-order valence-electron chi connectivity index (χ3n) is 4.19. The van der Waals surface area contributed by atoms with Gasteiger partial charge in [-0.1, -0.05) is 12.1 Å². The van der Waals surface area contributed by atoms with Crippen LogP contribution in [0.25, 0.3) is 44.6 Å². The van der Waals surface area contributed by atoms with Crippen molar-refractivity contribution in [2.24, 2.45) is 0 Å². The summed E-state index contributed by atoms with van der Waals surface area (Å²) >= 11 is 0. The number of fused-ring (bicyclic) bond motifs is 2. The molecular formula is C20H12N6. The largest absolute Gasteiger partial charge is 0.256 e. The highest BCUT2D eigenvalue weighted by molar-refractivity contribution is 5.85. The topological polar surface area (TPSA) is 77.3 Å². The van der Waals surface area contributed by atoms with Gasteiger partial charge in [-0.25, -0.2) is 19.9 Å². The van der Waals surface area contributed by atoms with Gasteiger partial charge >= 0.3 is 0 Å². The van der Waals surface area contributed by atoms with E-state index in [4.69, 9.17) is 4.98 Å². The average molecular weight is 336 g/mol. The first-order valence-electron chi connectivity index (χ1n) is 8.11. The zero-order chi connectivity index (χ0) is 17.3. The van der Waals surface area contributed by atoms with Crippen molar-refractivity contribution in [3.63, 3.8) is 0 Å². The van der Waals surface area contributed by atoms with Crippen molar-refractivity contribution in [3.05, 3.63) is 73.6 Å². The van der Waals surface area contributed by atoms with Crippen LogP contribution in [-0.4, -0.2) is 29.9 Å². The first kappa shape index (κ1) is 14.5. The van der Waals surface area contributed by atoms with Crippen LogP contribution in [0.15, 0.2) is 73.6 Å². The van der Waals surface area contributed by atoms with E-state index in [1.165, 1.54) is 12.7 Å². The summed E-state index contributed by atoms with van der Waals surface area (Å²) in [5, 5.41) is 1.07. The minimum absolute atomic E-state index is 0.617. The van der Waals surface area contributed by atoms with E-state index in [0.29, 0.717) is 5.82 Å². The van der Waals surface area contributed by atoms with Gasteiger partial charge in [0.1, 0.15) is 12.7 Å². The Labute approximate surface area is 148 Å². The van der Waals surface area contributed by atoms with E-state index in [1.807, 2.05) is 42.5 Å². The number of hydrogen-bond acceptors (Lipinski definition) is 6. The molecule has 0 saturated heterocycles. The molecule has 0 N–H and O–H groups in total. The number of hydrogen-bond donors (Lipinski definition) is 0. The van der Waals surface area contributed by atoms with E-state index in [2.05, 4.69) is 31.0 Å². The summed E-state index contributed by atoms with van der Waals surface area (Å²) in [5.74, 6) is 0.617. The van der Waals surface area contributed by atoms with Gasteiger partial charge in [0.15, 0.2) is 5.82 Å². The maximum Gasteiger partial charge on any atom is 0.162 e. The molecule has 6 heteroatoms. The SMILES string of the molecule is c1cnc2ccc(-c3cnc4ccc(-c5ncncn5)cc4n3)cc2c1. The van der Waals surface area contributed by atoms with E-state index in [1.54, 1.807) is 12.4 Å². The highest BCUT2D eigenvalue weighted by Gasteiger charge is 2.07. The molecule has 0 aliphatic heterocycles. The van der Waals surface area contributed by atoms with Gasteiger partial charge in [-0.2, -0.15) is 0 Å². The minimum Gasteiger partial charge on any atom is -0.256 e. The van der Waals surface area contributed by atoms with E-state index in [9.17, 15) is 0 Å². The first-order chi connectivity index (χ1) is 12.9. The predicted molar refractivity (Wildman–Crippen MR) is 99.1 cm³/mol. The van der Waals surface area contributed by atoms with Gasteiger partial charge in [0.2, 0.25) is 0 Å². The van der Waals surface area contributed by atoms with Crippen LogP contribution in [0, 0.1) is 0 Å². The zero-order valence-electron chi connectivity index (χ0n) is 13.6. The van der Waals surface area contributed by atoms with Crippen molar-refractivity contribution in [2.45, 2.75) is 0 Å². The van der Waals surface area contributed by atoms with Crippen molar-refractivity contribution in [2.75, 3.05) is 0 Å². The normalized spacial score (nSPS) is 11.1. The lowest BCUT2D eigenvalue weighted by Crippen LogP contribution is -1.92. The van der Waals surface area contributed by atoms with E-state index < -0.39 is 0 Å². The monoisotopic (exact) mass is 336 g/mol. The highest BCUT2D eigenvalue weighted by atomic mass is 15.0. The Hall–Kier alpha value is -3.80. The fourth-order valence-electron chi connectivity index (χ4n) is 2.91. The molecule has 0 spiro atoms. The smallest absolute Gasteiger partial charge is 0.162 e. The summed E-state index contributed by atoms with van der Waals surface area (Å²) in [4.78, 5) is 25.9. The molecular weight excluding hydrogens is 324 g/mol. The van der Waals surface area contributed by atoms with E-state index >= 15 is 0 Å². The summed E-state index contributed by atoms with van der Waals surface area (Å²) in [6.45, 7) is 0. The van der Waals surface area contributed by atoms with Gasteiger partial charge in [0, 0.05) is 22.7 Å². The van der Waals surface area contributed by atoms with Crippen molar-refractivity contribution >= 4 is 21.9 Å². The summed E-state index contributed by atoms with van der Waals surface area (Å²) in [7, 11) is 0. The third kappa shape index (κ3) is 2.53. The summed E-state index contributed by atoms with van der Waals surface area (Å²) in [6, 6.07) is 15.9. The Bertz CT molecular complexity index is 1240. The molecule has 0 aliphatic rings. The number of benzene rings is 2. The van der Waals surface area contributed by atoms with Crippen molar-refractivity contribution in [3.8, 4) is 22.6 Å². The van der Waals surface area contributed by atoms with Crippen LogP contribution in [-0.2, 0) is 0 Å². The van der Waals surface area contributed by atoms with Crippen LogP contribution in [0.2, 0.25) is 0 Å². The van der Waals surface area contributed by atoms with Gasteiger partial charge in [-0.05, 0) is 36.4 Å². The average Bonchev–Trinajstić information content (AvgIpc) is 2.73. The number of rotatable bonds is 2. The molecule has 0 unspecified atom stereocenters. The summed E-state index contributed by atoms with van der Waals surface area (Å²) < 4.78 is 0. The predicted octanol–water partition coefficient (Wildman–Crippen LogP) is 3.70. The molecule has 5 aromatic rings. The molecule has 0 saturated carbocycles. The number of aromatic nitrogens is 6. The molecule has 6 nitrogen and oxygen atoms in total. The third-order valence-corrected chi connectivity index (χ3v) is 4.19. The quantitative estimate of drug-likeness (QED) is 0.489. The Balaban J connectivity index is 1.63. The fraction of sp³-hybridized carbons (Fsp3) is 0. The van der Waals surface area contributed by atoms with Gasteiger partial charge in [-0.3, -0.25) is 9.97 Å². The minimum atomic E-state index is 0.617. The van der Waals surface area contributed by atoms with Crippen molar-refractivity contribution in [1.82, 2.24) is 29.9 Å². The second-order valence-corrected chi connectivity index (χ2v) is 5.83. The first-order valence-corrected chi connectivity index (χ1v) is 8.11. The second-order valence-electron chi connectivity index (χ2n) is 5.83.